The number of carbonyl (C=O) groups excluding carboxylic acids is 4. The first-order valence-electron chi connectivity index (χ1n) is 7.47. The summed E-state index contributed by atoms with van der Waals surface area (Å²) in [5, 5.41) is 0. The highest BCUT2D eigenvalue weighted by Gasteiger charge is 2.41. The topological polar surface area (TPSA) is 74.8 Å². The second-order valence-corrected chi connectivity index (χ2v) is 5.53. The summed E-state index contributed by atoms with van der Waals surface area (Å²) in [6.45, 7) is 4.14. The van der Waals surface area contributed by atoms with Crippen LogP contribution in [-0.4, -0.2) is 47.5 Å². The van der Waals surface area contributed by atoms with Gasteiger partial charge in [0.2, 0.25) is 12.3 Å². The highest BCUT2D eigenvalue weighted by atomic mass is 16.2. The molecule has 4 amide bonds. The molecule has 0 aromatic carbocycles. The summed E-state index contributed by atoms with van der Waals surface area (Å²) in [5.74, 6) is -1.51. The second-order valence-electron chi connectivity index (χ2n) is 5.53. The number of hydrogen-bond acceptors (Lipinski definition) is 4. The van der Waals surface area contributed by atoms with E-state index in [2.05, 4.69) is 0 Å². The van der Waals surface area contributed by atoms with Gasteiger partial charge >= 0.3 is 0 Å². The van der Waals surface area contributed by atoms with E-state index in [0.29, 0.717) is 36.9 Å². The zero-order valence-electron chi connectivity index (χ0n) is 13.1. The number of rotatable bonds is 5. The first-order chi connectivity index (χ1) is 10.5. The van der Waals surface area contributed by atoms with Crippen molar-refractivity contribution in [2.75, 3.05) is 13.6 Å². The van der Waals surface area contributed by atoms with E-state index in [-0.39, 0.29) is 24.1 Å². The third kappa shape index (κ3) is 2.49. The lowest BCUT2D eigenvalue weighted by Crippen LogP contribution is -2.37. The van der Waals surface area contributed by atoms with Crippen LogP contribution in [0.2, 0.25) is 0 Å². The van der Waals surface area contributed by atoms with Gasteiger partial charge in [-0.05, 0) is 25.3 Å². The molecule has 1 aliphatic heterocycles. The Morgan fingerprint density at radius 3 is 2.59 bits per heavy atom. The van der Waals surface area contributed by atoms with Crippen molar-refractivity contribution in [3.8, 4) is 0 Å². The third-order valence-electron chi connectivity index (χ3n) is 4.19. The van der Waals surface area contributed by atoms with Gasteiger partial charge in [-0.3, -0.25) is 29.0 Å². The maximum absolute atomic E-state index is 12.6. The SMILES string of the molecule is CCCN(C=O)C(=O)C1CC2=C(C=C1CC)C(=O)N(C)C2=O. The lowest BCUT2D eigenvalue weighted by atomic mass is 9.82. The van der Waals surface area contributed by atoms with Gasteiger partial charge in [-0.15, -0.1) is 0 Å². The molecule has 22 heavy (non-hydrogen) atoms. The summed E-state index contributed by atoms with van der Waals surface area (Å²) in [6.07, 6.45) is 3.65. The maximum Gasteiger partial charge on any atom is 0.260 e. The van der Waals surface area contributed by atoms with Gasteiger partial charge in [-0.2, -0.15) is 0 Å². The van der Waals surface area contributed by atoms with Crippen LogP contribution in [0.25, 0.3) is 0 Å². The van der Waals surface area contributed by atoms with Crippen LogP contribution in [0, 0.1) is 5.92 Å². The van der Waals surface area contributed by atoms with Crippen molar-refractivity contribution in [2.24, 2.45) is 5.92 Å². The van der Waals surface area contributed by atoms with Gasteiger partial charge in [-0.1, -0.05) is 19.4 Å². The largest absolute Gasteiger partial charge is 0.285 e. The van der Waals surface area contributed by atoms with Gasteiger partial charge in [-0.25, -0.2) is 0 Å². The lowest BCUT2D eigenvalue weighted by Gasteiger charge is -2.26. The minimum Gasteiger partial charge on any atom is -0.285 e. The molecule has 1 heterocycles. The molecule has 0 spiro atoms. The summed E-state index contributed by atoms with van der Waals surface area (Å²) in [6, 6.07) is 0. The van der Waals surface area contributed by atoms with Crippen LogP contribution in [0.1, 0.15) is 33.1 Å². The van der Waals surface area contributed by atoms with E-state index in [9.17, 15) is 19.2 Å². The van der Waals surface area contributed by atoms with E-state index in [0.717, 1.165) is 15.4 Å². The molecule has 2 aliphatic rings. The molecule has 6 heteroatoms. The number of nitrogens with zero attached hydrogens (tertiary/aromatic N) is 2. The van der Waals surface area contributed by atoms with Crippen molar-refractivity contribution in [1.29, 1.82) is 0 Å². The fourth-order valence-electron chi connectivity index (χ4n) is 2.94. The Labute approximate surface area is 129 Å². The zero-order chi connectivity index (χ0) is 16.4. The lowest BCUT2D eigenvalue weighted by molar-refractivity contribution is -0.140. The highest BCUT2D eigenvalue weighted by Crippen LogP contribution is 2.37. The van der Waals surface area contributed by atoms with E-state index in [1.807, 2.05) is 13.8 Å². The molecule has 0 aromatic rings. The molecular weight excluding hydrogens is 284 g/mol. The fourth-order valence-corrected chi connectivity index (χ4v) is 2.94. The summed E-state index contributed by atoms with van der Waals surface area (Å²) < 4.78 is 0. The number of amides is 4. The Kier molecular flexibility index (Phi) is 4.59. The molecule has 1 unspecified atom stereocenters. The summed E-state index contributed by atoms with van der Waals surface area (Å²) in [4.78, 5) is 50.0. The van der Waals surface area contributed by atoms with Crippen LogP contribution < -0.4 is 0 Å². The van der Waals surface area contributed by atoms with Crippen molar-refractivity contribution in [3.05, 3.63) is 22.8 Å². The number of hydrogen-bond donors (Lipinski definition) is 0. The van der Waals surface area contributed by atoms with Crippen LogP contribution in [0.3, 0.4) is 0 Å². The molecule has 0 bridgehead atoms. The molecule has 1 atom stereocenters. The molecule has 0 saturated carbocycles. The smallest absolute Gasteiger partial charge is 0.260 e. The zero-order valence-corrected chi connectivity index (χ0v) is 13.1. The number of imide groups is 2. The number of carbonyl (C=O) groups is 4. The molecule has 0 N–H and O–H groups in total. The van der Waals surface area contributed by atoms with E-state index >= 15 is 0 Å². The molecule has 0 aromatic heterocycles. The van der Waals surface area contributed by atoms with Gasteiger partial charge in [0.05, 0.1) is 5.92 Å². The van der Waals surface area contributed by atoms with Crippen LogP contribution in [0.5, 0.6) is 0 Å². The normalized spacial score (nSPS) is 21.0. The van der Waals surface area contributed by atoms with E-state index in [4.69, 9.17) is 0 Å². The predicted molar refractivity (Wildman–Crippen MR) is 79.4 cm³/mol. The van der Waals surface area contributed by atoms with E-state index in [1.54, 1.807) is 6.08 Å². The maximum atomic E-state index is 12.6. The standard InChI is InChI=1S/C16H20N2O4/c1-4-6-18(9-19)16(22)11-8-13-12(7-10(11)5-2)14(20)17(3)15(13)21/h7,9,11H,4-6,8H2,1-3H3. The molecule has 1 aliphatic carbocycles. The third-order valence-corrected chi connectivity index (χ3v) is 4.19. The summed E-state index contributed by atoms with van der Waals surface area (Å²) in [7, 11) is 1.44. The average molecular weight is 304 g/mol. The van der Waals surface area contributed by atoms with Crippen LogP contribution in [0.4, 0.5) is 0 Å². The Hall–Kier alpha value is -2.24. The van der Waals surface area contributed by atoms with Gasteiger partial charge in [0, 0.05) is 24.7 Å². The van der Waals surface area contributed by atoms with Crippen molar-refractivity contribution < 1.29 is 19.2 Å². The first kappa shape index (κ1) is 16.1. The molecule has 6 nitrogen and oxygen atoms in total. The quantitative estimate of drug-likeness (QED) is 0.561. The van der Waals surface area contributed by atoms with Crippen molar-refractivity contribution in [1.82, 2.24) is 9.80 Å². The van der Waals surface area contributed by atoms with Crippen LogP contribution in [-0.2, 0) is 19.2 Å². The van der Waals surface area contributed by atoms with E-state index in [1.165, 1.54) is 7.05 Å². The molecule has 2 rings (SSSR count). The van der Waals surface area contributed by atoms with Gasteiger partial charge in [0.25, 0.3) is 11.8 Å². The minimum atomic E-state index is -0.538. The first-order valence-corrected chi connectivity index (χ1v) is 7.47. The summed E-state index contributed by atoms with van der Waals surface area (Å²) in [5.41, 5.74) is 1.56. The summed E-state index contributed by atoms with van der Waals surface area (Å²) >= 11 is 0. The molecule has 0 radical (unpaired) electrons. The van der Waals surface area contributed by atoms with Crippen molar-refractivity contribution in [3.63, 3.8) is 0 Å². The van der Waals surface area contributed by atoms with Gasteiger partial charge in [0.1, 0.15) is 0 Å². The molecule has 0 saturated heterocycles. The molecule has 118 valence electrons. The van der Waals surface area contributed by atoms with Gasteiger partial charge < -0.3 is 0 Å². The van der Waals surface area contributed by atoms with Crippen LogP contribution in [0.15, 0.2) is 22.8 Å². The Morgan fingerprint density at radius 2 is 2.05 bits per heavy atom. The predicted octanol–water partition coefficient (Wildman–Crippen LogP) is 1.03. The highest BCUT2D eigenvalue weighted by molar-refractivity contribution is 6.21. The van der Waals surface area contributed by atoms with Crippen LogP contribution >= 0.6 is 0 Å². The fraction of sp³-hybridized carbons (Fsp3) is 0.500. The van der Waals surface area contributed by atoms with Crippen molar-refractivity contribution in [2.45, 2.75) is 33.1 Å². The van der Waals surface area contributed by atoms with Gasteiger partial charge in [0.15, 0.2) is 0 Å². The minimum absolute atomic E-state index is 0.191. The molecular formula is C16H20N2O4. The molecule has 0 fully saturated rings. The monoisotopic (exact) mass is 304 g/mol. The number of likely N-dealkylation sites (N-methyl/N-ethyl adjacent to an activating group) is 1. The second kappa shape index (κ2) is 6.25. The van der Waals surface area contributed by atoms with Crippen molar-refractivity contribution >= 4 is 24.1 Å². The Morgan fingerprint density at radius 1 is 1.36 bits per heavy atom. The average Bonchev–Trinajstić information content (AvgIpc) is 2.75. The Balaban J connectivity index is 2.34. The van der Waals surface area contributed by atoms with E-state index < -0.39 is 5.92 Å². The Bertz CT molecular complexity index is 603.